The van der Waals surface area contributed by atoms with E-state index in [2.05, 4.69) is 0 Å². The van der Waals surface area contributed by atoms with Crippen molar-refractivity contribution in [2.45, 2.75) is 129 Å². The van der Waals surface area contributed by atoms with Crippen LogP contribution in [-0.4, -0.2) is 44.8 Å². The Bertz CT molecular complexity index is 245. The summed E-state index contributed by atoms with van der Waals surface area (Å²) >= 11 is 0. The van der Waals surface area contributed by atoms with Crippen molar-refractivity contribution in [3.8, 4) is 0 Å². The van der Waals surface area contributed by atoms with Gasteiger partial charge in [-0.2, -0.15) is 0 Å². The van der Waals surface area contributed by atoms with Gasteiger partial charge in [-0.1, -0.05) is 51.4 Å². The summed E-state index contributed by atoms with van der Waals surface area (Å²) in [5.41, 5.74) is 0. The van der Waals surface area contributed by atoms with Crippen molar-refractivity contribution in [1.82, 2.24) is 0 Å². The molecule has 4 unspecified atom stereocenters. The highest BCUT2D eigenvalue weighted by atomic mass is 16.3. The second-order valence-electron chi connectivity index (χ2n) is 8.64. The fourth-order valence-corrected chi connectivity index (χ4v) is 3.93. The van der Waals surface area contributed by atoms with Crippen molar-refractivity contribution in [3.63, 3.8) is 0 Å². The maximum absolute atomic E-state index is 9.57. The molecule has 0 saturated heterocycles. The van der Waals surface area contributed by atoms with Gasteiger partial charge in [-0.15, -0.1) is 0 Å². The molecule has 0 aliphatic rings. The average molecular weight is 375 g/mol. The summed E-state index contributed by atoms with van der Waals surface area (Å²) in [5, 5.41) is 38.3. The smallest absolute Gasteiger partial charge is 0.0512 e. The van der Waals surface area contributed by atoms with Gasteiger partial charge >= 0.3 is 0 Å². The normalized spacial score (nSPS) is 18.9. The van der Waals surface area contributed by atoms with Crippen LogP contribution in [0, 0.1) is 11.8 Å². The van der Waals surface area contributed by atoms with Crippen molar-refractivity contribution < 1.29 is 20.4 Å². The van der Waals surface area contributed by atoms with Crippen molar-refractivity contribution in [2.75, 3.05) is 0 Å². The molecule has 0 bridgehead atoms. The Kier molecular flexibility index (Phi) is 15.8. The lowest BCUT2D eigenvalue weighted by molar-refractivity contribution is 0.147. The highest BCUT2D eigenvalue weighted by Crippen LogP contribution is 2.33. The van der Waals surface area contributed by atoms with Gasteiger partial charge in [0.25, 0.3) is 0 Å². The summed E-state index contributed by atoms with van der Waals surface area (Å²) in [5.74, 6) is 1.21. The van der Waals surface area contributed by atoms with Gasteiger partial charge < -0.3 is 20.4 Å². The van der Waals surface area contributed by atoms with Crippen molar-refractivity contribution >= 4 is 0 Å². The lowest BCUT2D eigenvalue weighted by atomic mass is 9.78. The summed E-state index contributed by atoms with van der Waals surface area (Å²) in [4.78, 5) is 0. The third-order valence-electron chi connectivity index (χ3n) is 5.45. The summed E-state index contributed by atoms with van der Waals surface area (Å²) in [6.07, 6.45) is 11.1. The summed E-state index contributed by atoms with van der Waals surface area (Å²) in [6.45, 7) is 7.41. The zero-order valence-corrected chi connectivity index (χ0v) is 17.7. The van der Waals surface area contributed by atoms with Gasteiger partial charge in [0, 0.05) is 0 Å². The second kappa shape index (κ2) is 15.9. The molecule has 0 spiro atoms. The Labute approximate surface area is 162 Å². The van der Waals surface area contributed by atoms with Crippen LogP contribution in [0.25, 0.3) is 0 Å². The van der Waals surface area contributed by atoms with Gasteiger partial charge in [-0.3, -0.25) is 0 Å². The molecule has 4 nitrogen and oxygen atoms in total. The molecule has 0 aromatic heterocycles. The second-order valence-corrected chi connectivity index (χ2v) is 8.64. The first-order chi connectivity index (χ1) is 12.2. The van der Waals surface area contributed by atoms with Gasteiger partial charge in [0.15, 0.2) is 0 Å². The molecule has 0 aliphatic heterocycles. The van der Waals surface area contributed by atoms with Crippen molar-refractivity contribution in [3.05, 3.63) is 0 Å². The van der Waals surface area contributed by atoms with E-state index in [4.69, 9.17) is 0 Å². The number of rotatable bonds is 17. The van der Waals surface area contributed by atoms with Crippen LogP contribution >= 0.6 is 0 Å². The van der Waals surface area contributed by atoms with E-state index >= 15 is 0 Å². The maximum Gasteiger partial charge on any atom is 0.0512 e. The van der Waals surface area contributed by atoms with E-state index in [1.807, 2.05) is 27.7 Å². The van der Waals surface area contributed by atoms with Crippen LogP contribution in [0.1, 0.15) is 105 Å². The summed E-state index contributed by atoms with van der Waals surface area (Å²) < 4.78 is 0. The standard InChI is InChI=1S/C22H46O4/c1-17(23)9-5-13-21(14-6-10-18(2)24)22(15-7-11-19(3)25)16-8-12-20(4)26/h17-26H,5-16H2,1-4H3. The fourth-order valence-electron chi connectivity index (χ4n) is 3.93. The van der Waals surface area contributed by atoms with Crippen LogP contribution in [0.2, 0.25) is 0 Å². The predicted molar refractivity (Wildman–Crippen MR) is 109 cm³/mol. The van der Waals surface area contributed by atoms with Gasteiger partial charge in [0.2, 0.25) is 0 Å². The Morgan fingerprint density at radius 2 is 0.577 bits per heavy atom. The van der Waals surface area contributed by atoms with Gasteiger partial charge in [0.1, 0.15) is 0 Å². The lowest BCUT2D eigenvalue weighted by Crippen LogP contribution is -2.18. The van der Waals surface area contributed by atoms with Crippen LogP contribution in [0.3, 0.4) is 0 Å². The van der Waals surface area contributed by atoms with Crippen molar-refractivity contribution in [2.24, 2.45) is 11.8 Å². The molecule has 0 heterocycles. The molecule has 4 atom stereocenters. The van der Waals surface area contributed by atoms with Gasteiger partial charge in [0.05, 0.1) is 24.4 Å². The molecule has 0 aromatic rings. The predicted octanol–water partition coefficient (Wildman–Crippen LogP) is 4.42. The molecular weight excluding hydrogens is 328 g/mol. The SMILES string of the molecule is CC(O)CCCC(CCCC(C)O)C(CCCC(C)O)CCCC(C)O. The quantitative estimate of drug-likeness (QED) is 0.304. The van der Waals surface area contributed by atoms with Gasteiger partial charge in [-0.05, 0) is 65.2 Å². The Morgan fingerprint density at radius 3 is 0.731 bits per heavy atom. The molecule has 158 valence electrons. The highest BCUT2D eigenvalue weighted by molar-refractivity contribution is 4.73. The van der Waals surface area contributed by atoms with Crippen LogP contribution < -0.4 is 0 Å². The first-order valence-electron chi connectivity index (χ1n) is 10.9. The highest BCUT2D eigenvalue weighted by Gasteiger charge is 2.21. The van der Waals surface area contributed by atoms with E-state index in [-0.39, 0.29) is 24.4 Å². The van der Waals surface area contributed by atoms with Crippen LogP contribution in [0.15, 0.2) is 0 Å². The van der Waals surface area contributed by atoms with Crippen LogP contribution in [0.4, 0.5) is 0 Å². The minimum absolute atomic E-state index is 0.239. The number of hydrogen-bond acceptors (Lipinski definition) is 4. The number of aliphatic hydroxyl groups is 4. The fraction of sp³-hybridized carbons (Fsp3) is 1.00. The summed E-state index contributed by atoms with van der Waals surface area (Å²) in [7, 11) is 0. The molecule has 4 N–H and O–H groups in total. The first-order valence-corrected chi connectivity index (χ1v) is 10.9. The third-order valence-corrected chi connectivity index (χ3v) is 5.45. The molecule has 4 heteroatoms. The molecule has 26 heavy (non-hydrogen) atoms. The monoisotopic (exact) mass is 374 g/mol. The maximum atomic E-state index is 9.57. The molecule has 0 saturated carbocycles. The zero-order valence-electron chi connectivity index (χ0n) is 17.7. The van der Waals surface area contributed by atoms with E-state index < -0.39 is 0 Å². The first kappa shape index (κ1) is 25.8. The third kappa shape index (κ3) is 16.0. The molecule has 0 aliphatic carbocycles. The molecular formula is C22H46O4. The largest absolute Gasteiger partial charge is 0.393 e. The summed E-state index contributed by atoms with van der Waals surface area (Å²) in [6, 6.07) is 0. The Morgan fingerprint density at radius 1 is 0.385 bits per heavy atom. The number of aliphatic hydroxyl groups excluding tert-OH is 4. The van der Waals surface area contributed by atoms with E-state index in [0.29, 0.717) is 11.8 Å². The number of hydrogen-bond donors (Lipinski definition) is 4. The molecule has 0 amide bonds. The lowest BCUT2D eigenvalue weighted by Gasteiger charge is -2.28. The molecule has 0 radical (unpaired) electrons. The molecule has 0 fully saturated rings. The van der Waals surface area contributed by atoms with E-state index in [1.54, 1.807) is 0 Å². The molecule has 0 rings (SSSR count). The van der Waals surface area contributed by atoms with E-state index in [9.17, 15) is 20.4 Å². The average Bonchev–Trinajstić information content (AvgIpc) is 2.50. The van der Waals surface area contributed by atoms with E-state index in [1.165, 1.54) is 0 Å². The van der Waals surface area contributed by atoms with Gasteiger partial charge in [-0.25, -0.2) is 0 Å². The topological polar surface area (TPSA) is 80.9 Å². The van der Waals surface area contributed by atoms with Crippen molar-refractivity contribution in [1.29, 1.82) is 0 Å². The van der Waals surface area contributed by atoms with Crippen LogP contribution in [0.5, 0.6) is 0 Å². The minimum atomic E-state index is -0.239. The Hall–Kier alpha value is -0.160. The molecule has 0 aromatic carbocycles. The van der Waals surface area contributed by atoms with Crippen LogP contribution in [-0.2, 0) is 0 Å². The zero-order chi connectivity index (χ0) is 19.9. The minimum Gasteiger partial charge on any atom is -0.393 e. The van der Waals surface area contributed by atoms with E-state index in [0.717, 1.165) is 77.0 Å². The Balaban J connectivity index is 4.72.